The summed E-state index contributed by atoms with van der Waals surface area (Å²) < 4.78 is 5.37. The van der Waals surface area contributed by atoms with E-state index in [2.05, 4.69) is 45.3 Å². The molecule has 0 bridgehead atoms. The fourth-order valence-corrected chi connectivity index (χ4v) is 2.97. The Balaban J connectivity index is 2.01. The van der Waals surface area contributed by atoms with Crippen molar-refractivity contribution in [2.24, 2.45) is 5.41 Å². The lowest BCUT2D eigenvalue weighted by atomic mass is 9.82. The Hall–Kier alpha value is -1.55. The van der Waals surface area contributed by atoms with Gasteiger partial charge in [0, 0.05) is 12.1 Å². The Morgan fingerprint density at radius 1 is 1.24 bits per heavy atom. The topological polar surface area (TPSA) is 50.4 Å². The van der Waals surface area contributed by atoms with E-state index in [4.69, 9.17) is 4.74 Å². The number of benzene rings is 1. The van der Waals surface area contributed by atoms with Gasteiger partial charge in [-0.3, -0.25) is 4.79 Å². The summed E-state index contributed by atoms with van der Waals surface area (Å²) in [6, 6.07) is 5.94. The van der Waals surface area contributed by atoms with Crippen LogP contribution < -0.4 is 15.4 Å². The summed E-state index contributed by atoms with van der Waals surface area (Å²) in [5.74, 6) is 0.646. The van der Waals surface area contributed by atoms with E-state index in [0.29, 0.717) is 0 Å². The summed E-state index contributed by atoms with van der Waals surface area (Å²) in [5, 5.41) is 6.44. The van der Waals surface area contributed by atoms with Gasteiger partial charge in [-0.1, -0.05) is 26.8 Å². The van der Waals surface area contributed by atoms with Gasteiger partial charge in [0.05, 0.1) is 5.69 Å². The van der Waals surface area contributed by atoms with E-state index >= 15 is 0 Å². The third-order valence-corrected chi connectivity index (χ3v) is 3.42. The highest BCUT2D eigenvalue weighted by Gasteiger charge is 2.25. The van der Waals surface area contributed by atoms with Gasteiger partial charge < -0.3 is 15.4 Å². The molecule has 4 nitrogen and oxygen atoms in total. The van der Waals surface area contributed by atoms with Gasteiger partial charge in [-0.25, -0.2) is 0 Å². The first-order chi connectivity index (χ1) is 9.65. The van der Waals surface area contributed by atoms with Crippen LogP contribution in [0.1, 0.15) is 46.6 Å². The molecule has 1 amide bonds. The lowest BCUT2D eigenvalue weighted by Crippen LogP contribution is -2.41. The van der Waals surface area contributed by atoms with Crippen LogP contribution in [0.5, 0.6) is 5.75 Å². The van der Waals surface area contributed by atoms with Gasteiger partial charge in [-0.15, -0.1) is 0 Å². The van der Waals surface area contributed by atoms with Gasteiger partial charge in [0.15, 0.2) is 6.61 Å². The molecule has 0 unspecified atom stereocenters. The van der Waals surface area contributed by atoms with Crippen LogP contribution in [0.15, 0.2) is 18.2 Å². The first-order valence-corrected chi connectivity index (χ1v) is 7.45. The fourth-order valence-electron chi connectivity index (χ4n) is 2.97. The molecule has 0 spiro atoms. The minimum Gasteiger partial charge on any atom is -0.482 e. The molecule has 0 aromatic heterocycles. The van der Waals surface area contributed by atoms with Crippen LogP contribution in [-0.4, -0.2) is 18.1 Å². The molecule has 0 radical (unpaired) electrons. The average molecular weight is 290 g/mol. The molecule has 0 aliphatic carbocycles. The standard InChI is InChI=1S/C17H26N2O2/c1-16(2,3)11-17(4,5)18-9-12-6-7-14-13(8-12)19-15(20)10-21-14/h6-8,18H,9-11H2,1-5H3,(H,19,20). The van der Waals surface area contributed by atoms with E-state index in [-0.39, 0.29) is 23.5 Å². The minimum absolute atomic E-state index is 0.0634. The van der Waals surface area contributed by atoms with Gasteiger partial charge in [-0.05, 0) is 43.4 Å². The predicted octanol–water partition coefficient (Wildman–Crippen LogP) is 3.32. The monoisotopic (exact) mass is 290 g/mol. The van der Waals surface area contributed by atoms with Crippen LogP contribution in [0.2, 0.25) is 0 Å². The van der Waals surface area contributed by atoms with Crippen molar-refractivity contribution < 1.29 is 9.53 Å². The van der Waals surface area contributed by atoms with E-state index in [1.165, 1.54) is 0 Å². The number of amides is 1. The SMILES string of the molecule is CC(C)(C)CC(C)(C)NCc1ccc2c(c1)NC(=O)CO2. The smallest absolute Gasteiger partial charge is 0.262 e. The van der Waals surface area contributed by atoms with Crippen LogP contribution in [0.4, 0.5) is 5.69 Å². The van der Waals surface area contributed by atoms with E-state index < -0.39 is 0 Å². The summed E-state index contributed by atoms with van der Waals surface area (Å²) in [4.78, 5) is 11.4. The third kappa shape index (κ3) is 4.74. The highest BCUT2D eigenvalue weighted by molar-refractivity contribution is 5.95. The first kappa shape index (κ1) is 15.8. The van der Waals surface area contributed by atoms with Crippen molar-refractivity contribution in [3.8, 4) is 5.75 Å². The number of hydrogen-bond donors (Lipinski definition) is 2. The number of nitrogens with one attached hydrogen (secondary N) is 2. The van der Waals surface area contributed by atoms with E-state index in [1.54, 1.807) is 0 Å². The van der Waals surface area contributed by atoms with E-state index in [1.807, 2.05) is 18.2 Å². The Kier molecular flexibility index (Phi) is 4.28. The lowest BCUT2D eigenvalue weighted by Gasteiger charge is -2.33. The number of anilines is 1. The summed E-state index contributed by atoms with van der Waals surface area (Å²) in [6.45, 7) is 12.1. The highest BCUT2D eigenvalue weighted by Crippen LogP contribution is 2.30. The van der Waals surface area contributed by atoms with E-state index in [0.717, 1.165) is 30.0 Å². The van der Waals surface area contributed by atoms with Crippen molar-refractivity contribution in [3.05, 3.63) is 23.8 Å². The van der Waals surface area contributed by atoms with Crippen molar-refractivity contribution in [1.29, 1.82) is 0 Å². The quantitative estimate of drug-likeness (QED) is 0.894. The van der Waals surface area contributed by atoms with Gasteiger partial charge in [0.2, 0.25) is 0 Å². The molecule has 1 heterocycles. The highest BCUT2D eigenvalue weighted by atomic mass is 16.5. The molecule has 0 saturated heterocycles. The number of fused-ring (bicyclic) bond motifs is 1. The first-order valence-electron chi connectivity index (χ1n) is 7.45. The molecule has 0 atom stereocenters. The van der Waals surface area contributed by atoms with Crippen LogP contribution in [-0.2, 0) is 11.3 Å². The predicted molar refractivity (Wildman–Crippen MR) is 85.6 cm³/mol. The van der Waals surface area contributed by atoms with Crippen LogP contribution in [0.3, 0.4) is 0 Å². The largest absolute Gasteiger partial charge is 0.482 e. The molecule has 4 heteroatoms. The molecule has 1 aromatic rings. The van der Waals surface area contributed by atoms with Gasteiger partial charge in [0.1, 0.15) is 5.75 Å². The molecular weight excluding hydrogens is 264 g/mol. The summed E-state index contributed by atoms with van der Waals surface area (Å²) in [6.07, 6.45) is 1.09. The Labute approximate surface area is 127 Å². The van der Waals surface area contributed by atoms with Crippen LogP contribution in [0.25, 0.3) is 0 Å². The molecular formula is C17H26N2O2. The number of carbonyl (C=O) groups is 1. The van der Waals surface area contributed by atoms with Gasteiger partial charge >= 0.3 is 0 Å². The van der Waals surface area contributed by atoms with Crippen LogP contribution in [0, 0.1) is 5.41 Å². The maximum Gasteiger partial charge on any atom is 0.262 e. The fraction of sp³-hybridized carbons (Fsp3) is 0.588. The lowest BCUT2D eigenvalue weighted by molar-refractivity contribution is -0.118. The summed E-state index contributed by atoms with van der Waals surface area (Å²) >= 11 is 0. The molecule has 2 N–H and O–H groups in total. The molecule has 0 saturated carbocycles. The second-order valence-electron chi connectivity index (χ2n) is 7.64. The Bertz CT molecular complexity index is 530. The number of carbonyl (C=O) groups excluding carboxylic acids is 1. The third-order valence-electron chi connectivity index (χ3n) is 3.42. The zero-order chi connectivity index (χ0) is 15.7. The van der Waals surface area contributed by atoms with Gasteiger partial charge in [0.25, 0.3) is 5.91 Å². The minimum atomic E-state index is -0.0966. The zero-order valence-electron chi connectivity index (χ0n) is 13.7. The Morgan fingerprint density at radius 2 is 1.95 bits per heavy atom. The van der Waals surface area contributed by atoms with Gasteiger partial charge in [-0.2, -0.15) is 0 Å². The second-order valence-corrected chi connectivity index (χ2v) is 7.64. The summed E-state index contributed by atoms with van der Waals surface area (Å²) in [5.41, 5.74) is 2.25. The average Bonchev–Trinajstić information content (AvgIpc) is 2.33. The number of hydrogen-bond acceptors (Lipinski definition) is 3. The Morgan fingerprint density at radius 3 is 2.62 bits per heavy atom. The van der Waals surface area contributed by atoms with Crippen molar-refractivity contribution in [2.75, 3.05) is 11.9 Å². The molecule has 1 aliphatic rings. The number of ether oxygens (including phenoxy) is 1. The maximum absolute atomic E-state index is 11.4. The molecule has 21 heavy (non-hydrogen) atoms. The molecule has 1 aromatic carbocycles. The normalized spacial score (nSPS) is 15.2. The van der Waals surface area contributed by atoms with E-state index in [9.17, 15) is 4.79 Å². The maximum atomic E-state index is 11.4. The molecule has 2 rings (SSSR count). The molecule has 1 aliphatic heterocycles. The molecule has 116 valence electrons. The second kappa shape index (κ2) is 5.68. The van der Waals surface area contributed by atoms with Crippen molar-refractivity contribution in [3.63, 3.8) is 0 Å². The number of rotatable bonds is 4. The zero-order valence-corrected chi connectivity index (χ0v) is 13.7. The molecule has 0 fully saturated rings. The van der Waals surface area contributed by atoms with Crippen LogP contribution >= 0.6 is 0 Å². The van der Waals surface area contributed by atoms with Crippen molar-refractivity contribution in [2.45, 2.75) is 53.1 Å². The summed E-state index contributed by atoms with van der Waals surface area (Å²) in [7, 11) is 0. The van der Waals surface area contributed by atoms with Crippen molar-refractivity contribution in [1.82, 2.24) is 5.32 Å². The van der Waals surface area contributed by atoms with Crippen molar-refractivity contribution >= 4 is 11.6 Å².